The normalized spacial score (nSPS) is 21.5. The van der Waals surface area contributed by atoms with Crippen LogP contribution in [0.3, 0.4) is 0 Å². The molecule has 0 atom stereocenters. The van der Waals surface area contributed by atoms with Gasteiger partial charge >= 0.3 is 0 Å². The van der Waals surface area contributed by atoms with Gasteiger partial charge in [-0.3, -0.25) is 4.79 Å². The first-order chi connectivity index (χ1) is 16.4. The number of hydrogen-bond donors (Lipinski definition) is 2. The van der Waals surface area contributed by atoms with E-state index in [-0.39, 0.29) is 17.6 Å². The van der Waals surface area contributed by atoms with E-state index in [1.165, 1.54) is 12.8 Å². The molecule has 0 aliphatic heterocycles. The van der Waals surface area contributed by atoms with E-state index >= 15 is 0 Å². The molecule has 2 aliphatic rings. The van der Waals surface area contributed by atoms with Crippen LogP contribution in [-0.4, -0.2) is 17.7 Å². The monoisotopic (exact) mass is 579 g/mol. The second kappa shape index (κ2) is 11.9. The van der Waals surface area contributed by atoms with E-state index in [0.29, 0.717) is 22.2 Å². The Bertz CT molecular complexity index is 1150. The van der Waals surface area contributed by atoms with E-state index in [1.807, 2.05) is 6.07 Å². The minimum atomic E-state index is -0.197. The van der Waals surface area contributed by atoms with Gasteiger partial charge in [-0.15, -0.1) is 11.3 Å². The van der Waals surface area contributed by atoms with Gasteiger partial charge in [0.2, 0.25) is 0 Å². The molecule has 0 unspecified atom stereocenters. The maximum atomic E-state index is 13.2. The van der Waals surface area contributed by atoms with E-state index in [2.05, 4.69) is 33.4 Å². The molecule has 8 heteroatoms. The second-order valence-corrected chi connectivity index (χ2v) is 12.1. The number of nitrogens with zero attached hydrogens (tertiary/aromatic N) is 1. The molecule has 3 N–H and O–H groups in total. The third kappa shape index (κ3) is 6.54. The van der Waals surface area contributed by atoms with Crippen molar-refractivity contribution in [1.82, 2.24) is 5.32 Å². The predicted molar refractivity (Wildman–Crippen MR) is 148 cm³/mol. The molecule has 2 aromatic rings. The molecular formula is C26H28BrCl2N3OS. The molecule has 1 heterocycles. The van der Waals surface area contributed by atoms with Crippen LogP contribution in [0, 0.1) is 0 Å². The Kier molecular flexibility index (Phi) is 8.92. The van der Waals surface area contributed by atoms with E-state index in [0.717, 1.165) is 64.0 Å². The zero-order chi connectivity index (χ0) is 24.1. The second-order valence-electron chi connectivity index (χ2n) is 8.78. The van der Waals surface area contributed by atoms with Crippen molar-refractivity contribution in [3.8, 4) is 0 Å². The summed E-state index contributed by atoms with van der Waals surface area (Å²) in [6.45, 7) is 0. The molecular weight excluding hydrogens is 553 g/mol. The number of benzene rings is 1. The molecule has 2 saturated carbocycles. The average molecular weight is 581 g/mol. The zero-order valence-electron chi connectivity index (χ0n) is 18.9. The standard InChI is InChI=1S/C26H28BrCl2N3OS/c27-23-13-11-19(34-23)14-16-6-5-9-20(25(16)32-22-12-10-17(28)15-21(22)29)24(30)26(33)31-18-7-3-1-2-4-8-18/h10-15,18H,1-9,30H2,(H,31,33)/b16-14+,24-20?,32-25?. The van der Waals surface area contributed by atoms with Crippen LogP contribution in [0.2, 0.25) is 10.0 Å². The molecule has 1 aromatic heterocycles. The summed E-state index contributed by atoms with van der Waals surface area (Å²) in [6.07, 6.45) is 11.3. The van der Waals surface area contributed by atoms with Crippen molar-refractivity contribution in [3.05, 3.63) is 65.9 Å². The zero-order valence-corrected chi connectivity index (χ0v) is 22.8. The highest BCUT2D eigenvalue weighted by Crippen LogP contribution is 2.35. The summed E-state index contributed by atoms with van der Waals surface area (Å²) < 4.78 is 1.06. The first kappa shape index (κ1) is 25.5. The average Bonchev–Trinajstić information content (AvgIpc) is 3.05. The van der Waals surface area contributed by atoms with Crippen molar-refractivity contribution in [2.24, 2.45) is 10.7 Å². The summed E-state index contributed by atoms with van der Waals surface area (Å²) in [6, 6.07) is 9.51. The summed E-state index contributed by atoms with van der Waals surface area (Å²) in [4.78, 5) is 19.2. The minimum absolute atomic E-state index is 0.183. The fourth-order valence-electron chi connectivity index (χ4n) is 4.52. The highest BCUT2D eigenvalue weighted by molar-refractivity contribution is 9.11. The topological polar surface area (TPSA) is 67.5 Å². The highest BCUT2D eigenvalue weighted by Gasteiger charge is 2.26. The van der Waals surface area contributed by atoms with Gasteiger partial charge in [0.1, 0.15) is 5.70 Å². The molecule has 1 aromatic carbocycles. The summed E-state index contributed by atoms with van der Waals surface area (Å²) in [5, 5.41) is 4.20. The molecule has 34 heavy (non-hydrogen) atoms. The molecule has 0 radical (unpaired) electrons. The number of thiophene rings is 1. The Labute approximate surface area is 223 Å². The summed E-state index contributed by atoms with van der Waals surface area (Å²) >= 11 is 17.7. The molecule has 180 valence electrons. The Morgan fingerprint density at radius 2 is 1.85 bits per heavy atom. The maximum Gasteiger partial charge on any atom is 0.267 e. The Balaban J connectivity index is 1.73. The van der Waals surface area contributed by atoms with Crippen LogP contribution in [-0.2, 0) is 4.79 Å². The largest absolute Gasteiger partial charge is 0.394 e. The van der Waals surface area contributed by atoms with Crippen molar-refractivity contribution < 1.29 is 4.79 Å². The van der Waals surface area contributed by atoms with Gasteiger partial charge in [0, 0.05) is 21.5 Å². The first-order valence-electron chi connectivity index (χ1n) is 11.7. The fourth-order valence-corrected chi connectivity index (χ4v) is 6.36. The van der Waals surface area contributed by atoms with Crippen LogP contribution >= 0.6 is 50.5 Å². The van der Waals surface area contributed by atoms with Crippen molar-refractivity contribution in [3.63, 3.8) is 0 Å². The van der Waals surface area contributed by atoms with E-state index in [9.17, 15) is 4.79 Å². The summed E-state index contributed by atoms with van der Waals surface area (Å²) in [5.41, 5.74) is 9.94. The van der Waals surface area contributed by atoms with Crippen molar-refractivity contribution in [1.29, 1.82) is 0 Å². The van der Waals surface area contributed by atoms with Crippen molar-refractivity contribution >= 4 is 73.9 Å². The molecule has 2 fully saturated rings. The molecule has 1 amide bonds. The van der Waals surface area contributed by atoms with Crippen molar-refractivity contribution in [2.45, 2.75) is 63.8 Å². The number of carbonyl (C=O) groups is 1. The quantitative estimate of drug-likeness (QED) is 0.282. The number of nitrogens with one attached hydrogen (secondary N) is 1. The SMILES string of the molecule is NC(C(=O)NC1CCCCCC1)=C1CCC/C(=C\c2ccc(Br)s2)C1=Nc1ccc(Cl)cc1Cl. The number of carbonyl (C=O) groups excluding carboxylic acids is 1. The van der Waals surface area contributed by atoms with Gasteiger partial charge < -0.3 is 11.1 Å². The van der Waals surface area contributed by atoms with Gasteiger partial charge in [-0.2, -0.15) is 0 Å². The van der Waals surface area contributed by atoms with Crippen LogP contribution in [0.1, 0.15) is 62.7 Å². The third-order valence-corrected chi connectivity index (χ3v) is 8.38. The highest BCUT2D eigenvalue weighted by atomic mass is 79.9. The van der Waals surface area contributed by atoms with Crippen LogP contribution in [0.25, 0.3) is 6.08 Å². The molecule has 0 bridgehead atoms. The number of allylic oxidation sites excluding steroid dienone is 2. The van der Waals surface area contributed by atoms with Gasteiger partial charge in [-0.25, -0.2) is 4.99 Å². The molecule has 4 rings (SSSR count). The van der Waals surface area contributed by atoms with Gasteiger partial charge in [-0.05, 0) is 90.0 Å². The fraction of sp³-hybridized carbons (Fsp3) is 0.385. The minimum Gasteiger partial charge on any atom is -0.394 e. The van der Waals surface area contributed by atoms with E-state index in [1.54, 1.807) is 29.5 Å². The molecule has 0 saturated heterocycles. The summed E-state index contributed by atoms with van der Waals surface area (Å²) in [5.74, 6) is -0.197. The van der Waals surface area contributed by atoms with Crippen LogP contribution in [0.5, 0.6) is 0 Å². The smallest absolute Gasteiger partial charge is 0.267 e. The van der Waals surface area contributed by atoms with E-state index in [4.69, 9.17) is 33.9 Å². The van der Waals surface area contributed by atoms with Gasteiger partial charge in [-0.1, -0.05) is 48.9 Å². The lowest BCUT2D eigenvalue weighted by atomic mass is 9.86. The number of nitrogens with two attached hydrogens (primary N) is 1. The third-order valence-electron chi connectivity index (χ3n) is 6.28. The molecule has 2 aliphatic carbocycles. The summed E-state index contributed by atoms with van der Waals surface area (Å²) in [7, 11) is 0. The van der Waals surface area contributed by atoms with Crippen LogP contribution < -0.4 is 11.1 Å². The van der Waals surface area contributed by atoms with Crippen LogP contribution in [0.4, 0.5) is 5.69 Å². The molecule has 0 spiro atoms. The first-order valence-corrected chi connectivity index (χ1v) is 14.1. The molecule has 4 nitrogen and oxygen atoms in total. The maximum absolute atomic E-state index is 13.2. The van der Waals surface area contributed by atoms with Gasteiger partial charge in [0.05, 0.1) is 20.2 Å². The number of amides is 1. The lowest BCUT2D eigenvalue weighted by Crippen LogP contribution is -2.38. The number of halogens is 3. The van der Waals surface area contributed by atoms with Crippen molar-refractivity contribution in [2.75, 3.05) is 0 Å². The number of hydrogen-bond acceptors (Lipinski definition) is 4. The lowest BCUT2D eigenvalue weighted by molar-refractivity contribution is -0.118. The van der Waals surface area contributed by atoms with E-state index < -0.39 is 0 Å². The predicted octanol–water partition coefficient (Wildman–Crippen LogP) is 8.21. The Morgan fingerprint density at radius 1 is 1.09 bits per heavy atom. The number of aliphatic imine (C=N–C) groups is 1. The van der Waals surface area contributed by atoms with Gasteiger partial charge in [0.25, 0.3) is 5.91 Å². The number of rotatable bonds is 4. The van der Waals surface area contributed by atoms with Crippen LogP contribution in [0.15, 0.2) is 56.0 Å². The Morgan fingerprint density at radius 3 is 2.53 bits per heavy atom. The van der Waals surface area contributed by atoms with Gasteiger partial charge in [0.15, 0.2) is 0 Å². The lowest BCUT2D eigenvalue weighted by Gasteiger charge is -2.24. The Hall–Kier alpha value is -1.60.